The Kier molecular flexibility index (Phi) is 16.2. The molecule has 0 radical (unpaired) electrons. The van der Waals surface area contributed by atoms with Gasteiger partial charge in [-0.05, 0) is 20.3 Å². The lowest BCUT2D eigenvalue weighted by Gasteiger charge is -2.08. The fraction of sp³-hybridized carbons (Fsp3) is 0.833. The van der Waals surface area contributed by atoms with Gasteiger partial charge in [-0.2, -0.15) is 12.6 Å². The molecule has 0 fully saturated rings. The maximum atomic E-state index is 9.68. The average Bonchev–Trinajstić information content (AvgIpc) is 2.29. The van der Waals surface area contributed by atoms with Gasteiger partial charge in [-0.1, -0.05) is 13.3 Å². The predicted octanol–water partition coefficient (Wildman–Crippen LogP) is 1.04. The van der Waals surface area contributed by atoms with Crippen LogP contribution < -0.4 is 16.4 Å². The number of unbranched alkanes of at least 4 members (excludes halogenated alkanes) is 1. The number of hydrogen-bond acceptors (Lipinski definition) is 4. The normalized spacial score (nSPS) is 10.8. The molecule has 0 amide bonds. The van der Waals surface area contributed by atoms with Gasteiger partial charge in [0.15, 0.2) is 5.96 Å². The lowest BCUT2D eigenvalue weighted by atomic mass is 10.3. The molecule has 0 spiro atoms. The van der Waals surface area contributed by atoms with Crippen LogP contribution in [0.25, 0.3) is 0 Å². The fourth-order valence-electron chi connectivity index (χ4n) is 1.04. The van der Waals surface area contributed by atoms with E-state index < -0.39 is 11.3 Å². The van der Waals surface area contributed by atoms with Gasteiger partial charge in [-0.15, -0.1) is 0 Å². The molecule has 0 bridgehead atoms. The minimum absolute atomic E-state index is 0.0802. The number of nitrogens with one attached hydrogen (secondary N) is 2. The van der Waals surface area contributed by atoms with Crippen molar-refractivity contribution in [3.8, 4) is 0 Å². The summed E-state index contributed by atoms with van der Waals surface area (Å²) < 4.78 is 0. The summed E-state index contributed by atoms with van der Waals surface area (Å²) in [7, 11) is 0. The number of nitrogens with two attached hydrogens (primary N) is 1. The molecule has 1 atom stereocenters. The van der Waals surface area contributed by atoms with E-state index >= 15 is 0 Å². The number of rotatable bonds is 7. The fourth-order valence-corrected chi connectivity index (χ4v) is 1.19. The molecule has 7 heteroatoms. The molecule has 0 aliphatic heterocycles. The first-order valence-corrected chi connectivity index (χ1v) is 7.17. The second-order valence-corrected chi connectivity index (χ2v) is 4.47. The van der Waals surface area contributed by atoms with E-state index in [4.69, 9.17) is 10.8 Å². The van der Waals surface area contributed by atoms with E-state index in [9.17, 15) is 4.79 Å². The molecule has 6 nitrogen and oxygen atoms in total. The van der Waals surface area contributed by atoms with Crippen LogP contribution in [0.2, 0.25) is 0 Å². The minimum atomic E-state index is -0.914. The lowest BCUT2D eigenvalue weighted by molar-refractivity contribution is -0.136. The van der Waals surface area contributed by atoms with Crippen molar-refractivity contribution in [1.29, 1.82) is 0 Å². The average molecular weight is 292 g/mol. The molecule has 114 valence electrons. The SMILES string of the molecule is CCCCN=C(NCC)NCC.NC(S)CC(=O)O. The maximum absolute atomic E-state index is 9.68. The number of carbonyl (C=O) groups is 1. The highest BCUT2D eigenvalue weighted by atomic mass is 32.1. The number of guanidine groups is 1. The minimum Gasteiger partial charge on any atom is -0.481 e. The van der Waals surface area contributed by atoms with Gasteiger partial charge in [0, 0.05) is 19.6 Å². The van der Waals surface area contributed by atoms with Crippen LogP contribution in [0.3, 0.4) is 0 Å². The summed E-state index contributed by atoms with van der Waals surface area (Å²) in [6.45, 7) is 9.11. The summed E-state index contributed by atoms with van der Waals surface area (Å²) in [5.41, 5.74) is 4.98. The van der Waals surface area contributed by atoms with Gasteiger partial charge in [0.25, 0.3) is 0 Å². The molecular formula is C12H28N4O2S. The molecule has 0 saturated heterocycles. The molecular weight excluding hydrogens is 264 g/mol. The van der Waals surface area contributed by atoms with Crippen LogP contribution in [0, 0.1) is 0 Å². The van der Waals surface area contributed by atoms with E-state index in [0.717, 1.165) is 25.6 Å². The van der Waals surface area contributed by atoms with Crippen molar-refractivity contribution in [3.63, 3.8) is 0 Å². The summed E-state index contributed by atoms with van der Waals surface area (Å²) in [5.74, 6) is 0.0240. The predicted molar refractivity (Wildman–Crippen MR) is 83.8 cm³/mol. The number of nitrogens with zero attached hydrogens (tertiary/aromatic N) is 1. The molecule has 0 aromatic heterocycles. The van der Waals surface area contributed by atoms with Gasteiger partial charge < -0.3 is 21.5 Å². The van der Waals surface area contributed by atoms with Crippen molar-refractivity contribution < 1.29 is 9.90 Å². The highest BCUT2D eigenvalue weighted by molar-refractivity contribution is 7.80. The molecule has 0 saturated carbocycles. The number of aliphatic imine (C=N–C) groups is 1. The van der Waals surface area contributed by atoms with Crippen molar-refractivity contribution >= 4 is 24.6 Å². The Morgan fingerprint density at radius 1 is 1.32 bits per heavy atom. The van der Waals surface area contributed by atoms with E-state index in [-0.39, 0.29) is 6.42 Å². The first kappa shape index (κ1) is 20.4. The van der Waals surface area contributed by atoms with Gasteiger partial charge in [0.05, 0.1) is 11.8 Å². The van der Waals surface area contributed by atoms with Crippen LogP contribution in [0.5, 0.6) is 0 Å². The smallest absolute Gasteiger partial charge is 0.305 e. The van der Waals surface area contributed by atoms with Crippen LogP contribution >= 0.6 is 12.6 Å². The highest BCUT2D eigenvalue weighted by Crippen LogP contribution is 1.89. The Bertz CT molecular complexity index is 240. The number of aliphatic carboxylic acids is 1. The van der Waals surface area contributed by atoms with Crippen molar-refractivity contribution in [2.24, 2.45) is 10.7 Å². The Labute approximate surface area is 121 Å². The highest BCUT2D eigenvalue weighted by Gasteiger charge is 1.99. The summed E-state index contributed by atoms with van der Waals surface area (Å²) in [4.78, 5) is 14.1. The molecule has 1 unspecified atom stereocenters. The van der Waals surface area contributed by atoms with E-state index in [2.05, 4.69) is 49.0 Å². The largest absolute Gasteiger partial charge is 0.481 e. The second-order valence-electron chi connectivity index (χ2n) is 3.81. The summed E-state index contributed by atoms with van der Waals surface area (Å²) >= 11 is 3.63. The topological polar surface area (TPSA) is 99.7 Å². The Morgan fingerprint density at radius 3 is 2.11 bits per heavy atom. The molecule has 0 aromatic carbocycles. The van der Waals surface area contributed by atoms with E-state index in [0.29, 0.717) is 0 Å². The number of carboxylic acids is 1. The van der Waals surface area contributed by atoms with Crippen molar-refractivity contribution in [2.45, 2.75) is 45.4 Å². The van der Waals surface area contributed by atoms with Gasteiger partial charge in [0.2, 0.25) is 0 Å². The van der Waals surface area contributed by atoms with Crippen LogP contribution in [0.15, 0.2) is 4.99 Å². The maximum Gasteiger partial charge on any atom is 0.305 e. The zero-order valence-electron chi connectivity index (χ0n) is 12.1. The van der Waals surface area contributed by atoms with Gasteiger partial charge in [0.1, 0.15) is 0 Å². The standard InChI is InChI=1S/C9H21N3.C3H7NO2S/c1-4-7-8-12-9(10-5-2)11-6-3;4-2(7)1-3(5)6/h4-8H2,1-3H3,(H2,10,11,12);2,7H,1,4H2,(H,5,6). The number of carboxylic acid groups (broad SMARTS) is 1. The molecule has 0 heterocycles. The molecule has 5 N–H and O–H groups in total. The Hall–Kier alpha value is -0.950. The van der Waals surface area contributed by atoms with Gasteiger partial charge in [-0.3, -0.25) is 9.79 Å². The van der Waals surface area contributed by atoms with Crippen molar-refractivity contribution in [1.82, 2.24) is 10.6 Å². The third-order valence-corrected chi connectivity index (χ3v) is 2.04. The first-order valence-electron chi connectivity index (χ1n) is 6.65. The van der Waals surface area contributed by atoms with Gasteiger partial charge >= 0.3 is 5.97 Å². The third kappa shape index (κ3) is 19.6. The second kappa shape index (κ2) is 15.1. The Morgan fingerprint density at radius 2 is 1.84 bits per heavy atom. The zero-order valence-corrected chi connectivity index (χ0v) is 13.0. The summed E-state index contributed by atoms with van der Waals surface area (Å²) in [6, 6.07) is 0. The van der Waals surface area contributed by atoms with Crippen LogP contribution in [0.4, 0.5) is 0 Å². The Balaban J connectivity index is 0. The van der Waals surface area contributed by atoms with Crippen molar-refractivity contribution in [3.05, 3.63) is 0 Å². The monoisotopic (exact) mass is 292 g/mol. The third-order valence-electron chi connectivity index (χ3n) is 1.85. The summed E-state index contributed by atoms with van der Waals surface area (Å²) in [6.07, 6.45) is 2.29. The zero-order chi connectivity index (χ0) is 15.1. The quantitative estimate of drug-likeness (QED) is 0.159. The number of thiol groups is 1. The summed E-state index contributed by atoms with van der Waals surface area (Å²) in [5, 5.41) is 13.8. The van der Waals surface area contributed by atoms with Crippen LogP contribution in [-0.4, -0.2) is 42.0 Å². The van der Waals surface area contributed by atoms with Crippen LogP contribution in [-0.2, 0) is 4.79 Å². The molecule has 0 rings (SSSR count). The molecule has 0 aliphatic rings. The van der Waals surface area contributed by atoms with E-state index in [1.54, 1.807) is 0 Å². The first-order chi connectivity index (χ1) is 8.97. The molecule has 0 aromatic rings. The van der Waals surface area contributed by atoms with Crippen LogP contribution in [0.1, 0.15) is 40.0 Å². The molecule has 0 aliphatic carbocycles. The number of hydrogen-bond donors (Lipinski definition) is 5. The van der Waals surface area contributed by atoms with E-state index in [1.807, 2.05) is 0 Å². The van der Waals surface area contributed by atoms with E-state index in [1.165, 1.54) is 12.8 Å². The van der Waals surface area contributed by atoms with Gasteiger partial charge in [-0.25, -0.2) is 0 Å². The van der Waals surface area contributed by atoms with Crippen molar-refractivity contribution in [2.75, 3.05) is 19.6 Å². The molecule has 19 heavy (non-hydrogen) atoms. The lowest BCUT2D eigenvalue weighted by Crippen LogP contribution is -2.37.